The number of hydrogen-bond acceptors (Lipinski definition) is 1. The second kappa shape index (κ2) is 6.04. The van der Waals surface area contributed by atoms with Crippen molar-refractivity contribution < 1.29 is 18.0 Å². The lowest BCUT2D eigenvalue weighted by molar-refractivity contribution is -0.186. The molecule has 1 aliphatic rings. The van der Waals surface area contributed by atoms with Crippen LogP contribution >= 0.6 is 11.6 Å². The van der Waals surface area contributed by atoms with E-state index in [2.05, 4.69) is 0 Å². The number of nitrogens with zero attached hydrogens (tertiary/aromatic N) is 1. The molecule has 1 aromatic rings. The molecule has 2 rings (SSSR count). The standard InChI is InChI=1S/C14H15ClF3NO/c15-12(10-4-2-1-3-5-10)13(20)19-8-6-11(7-9-19)14(16,17)18/h1-5,11-12H,6-9H2. The van der Waals surface area contributed by atoms with Crippen LogP contribution in [0.3, 0.4) is 0 Å². The molecule has 1 fully saturated rings. The molecule has 0 bridgehead atoms. The summed E-state index contributed by atoms with van der Waals surface area (Å²) in [6, 6.07) is 8.82. The minimum absolute atomic E-state index is 0.0480. The van der Waals surface area contributed by atoms with Crippen LogP contribution in [0.2, 0.25) is 0 Å². The van der Waals surface area contributed by atoms with Crippen molar-refractivity contribution in [3.8, 4) is 0 Å². The van der Waals surface area contributed by atoms with Gasteiger partial charge in [-0.3, -0.25) is 4.79 Å². The largest absolute Gasteiger partial charge is 0.391 e. The van der Waals surface area contributed by atoms with Gasteiger partial charge in [-0.1, -0.05) is 30.3 Å². The van der Waals surface area contributed by atoms with Crippen LogP contribution in [0.25, 0.3) is 0 Å². The van der Waals surface area contributed by atoms with Crippen molar-refractivity contribution in [3.05, 3.63) is 35.9 Å². The van der Waals surface area contributed by atoms with E-state index in [1.807, 2.05) is 6.07 Å². The molecule has 20 heavy (non-hydrogen) atoms. The van der Waals surface area contributed by atoms with Gasteiger partial charge in [0.15, 0.2) is 0 Å². The number of benzene rings is 1. The first kappa shape index (κ1) is 15.2. The molecule has 110 valence electrons. The minimum Gasteiger partial charge on any atom is -0.341 e. The predicted molar refractivity (Wildman–Crippen MR) is 70.4 cm³/mol. The van der Waals surface area contributed by atoms with Crippen molar-refractivity contribution >= 4 is 17.5 Å². The van der Waals surface area contributed by atoms with Gasteiger partial charge in [0.05, 0.1) is 5.92 Å². The lowest BCUT2D eigenvalue weighted by Gasteiger charge is -2.34. The van der Waals surface area contributed by atoms with Gasteiger partial charge < -0.3 is 4.90 Å². The summed E-state index contributed by atoms with van der Waals surface area (Å²) in [5.74, 6) is -1.63. The molecular formula is C14H15ClF3NO. The minimum atomic E-state index is -4.17. The summed E-state index contributed by atoms with van der Waals surface area (Å²) in [6.45, 7) is 0.220. The number of piperidine rings is 1. The maximum atomic E-state index is 12.6. The Labute approximate surface area is 120 Å². The number of alkyl halides is 4. The monoisotopic (exact) mass is 305 g/mol. The van der Waals surface area contributed by atoms with Crippen molar-refractivity contribution in [1.29, 1.82) is 0 Å². The van der Waals surface area contributed by atoms with Crippen LogP contribution < -0.4 is 0 Å². The molecule has 0 aromatic heterocycles. The number of carbonyl (C=O) groups is 1. The third kappa shape index (κ3) is 3.45. The van der Waals surface area contributed by atoms with Crippen LogP contribution in [0.4, 0.5) is 13.2 Å². The van der Waals surface area contributed by atoms with Crippen LogP contribution in [0, 0.1) is 5.92 Å². The van der Waals surface area contributed by atoms with Gasteiger partial charge in [-0.05, 0) is 18.4 Å². The number of amides is 1. The Balaban J connectivity index is 1.95. The number of rotatable bonds is 2. The van der Waals surface area contributed by atoms with Gasteiger partial charge in [0.25, 0.3) is 0 Å². The molecule has 0 spiro atoms. The Hall–Kier alpha value is -1.23. The first-order valence-electron chi connectivity index (χ1n) is 6.44. The fraction of sp³-hybridized carbons (Fsp3) is 0.500. The van der Waals surface area contributed by atoms with Gasteiger partial charge in [0.2, 0.25) is 5.91 Å². The molecule has 2 nitrogen and oxygen atoms in total. The van der Waals surface area contributed by atoms with Crippen LogP contribution in [-0.2, 0) is 4.79 Å². The maximum Gasteiger partial charge on any atom is 0.391 e. The second-order valence-electron chi connectivity index (χ2n) is 4.91. The summed E-state index contributed by atoms with van der Waals surface area (Å²) in [4.78, 5) is 13.6. The summed E-state index contributed by atoms with van der Waals surface area (Å²) in [7, 11) is 0. The molecule has 1 aromatic carbocycles. The summed E-state index contributed by atoms with van der Waals surface area (Å²) in [6.07, 6.45) is -4.27. The predicted octanol–water partition coefficient (Wildman–Crippen LogP) is 3.77. The Kier molecular flexibility index (Phi) is 4.58. The summed E-state index contributed by atoms with van der Waals surface area (Å²) < 4.78 is 37.7. The molecule has 0 aliphatic carbocycles. The smallest absolute Gasteiger partial charge is 0.341 e. The highest BCUT2D eigenvalue weighted by Crippen LogP contribution is 2.35. The number of hydrogen-bond donors (Lipinski definition) is 0. The van der Waals surface area contributed by atoms with E-state index in [0.717, 1.165) is 0 Å². The first-order chi connectivity index (χ1) is 9.39. The quantitative estimate of drug-likeness (QED) is 0.762. The Morgan fingerprint density at radius 1 is 1.20 bits per heavy atom. The van der Waals surface area contributed by atoms with Gasteiger partial charge in [-0.25, -0.2) is 0 Å². The van der Waals surface area contributed by atoms with Gasteiger partial charge in [0, 0.05) is 13.1 Å². The molecule has 1 aliphatic heterocycles. The highest BCUT2D eigenvalue weighted by Gasteiger charge is 2.42. The van der Waals surface area contributed by atoms with E-state index >= 15 is 0 Å². The van der Waals surface area contributed by atoms with E-state index in [-0.39, 0.29) is 31.8 Å². The van der Waals surface area contributed by atoms with Crippen molar-refractivity contribution in [2.75, 3.05) is 13.1 Å². The summed E-state index contributed by atoms with van der Waals surface area (Å²) in [5.41, 5.74) is 0.664. The summed E-state index contributed by atoms with van der Waals surface area (Å²) >= 11 is 6.10. The van der Waals surface area contributed by atoms with Crippen molar-refractivity contribution in [1.82, 2.24) is 4.90 Å². The van der Waals surface area contributed by atoms with Crippen LogP contribution in [0.1, 0.15) is 23.8 Å². The molecule has 6 heteroatoms. The zero-order valence-corrected chi connectivity index (χ0v) is 11.5. The van der Waals surface area contributed by atoms with Crippen LogP contribution in [0.5, 0.6) is 0 Å². The Morgan fingerprint density at radius 3 is 2.25 bits per heavy atom. The Morgan fingerprint density at radius 2 is 1.75 bits per heavy atom. The molecular weight excluding hydrogens is 291 g/mol. The van der Waals surface area contributed by atoms with Gasteiger partial charge in [-0.2, -0.15) is 13.2 Å². The average molecular weight is 306 g/mol. The second-order valence-corrected chi connectivity index (χ2v) is 5.35. The van der Waals surface area contributed by atoms with Crippen molar-refractivity contribution in [3.63, 3.8) is 0 Å². The number of carbonyl (C=O) groups excluding carboxylic acids is 1. The molecule has 1 atom stereocenters. The van der Waals surface area contributed by atoms with Gasteiger partial charge in [-0.15, -0.1) is 11.6 Å². The fourth-order valence-corrected chi connectivity index (χ4v) is 2.64. The average Bonchev–Trinajstić information content (AvgIpc) is 2.46. The molecule has 0 N–H and O–H groups in total. The molecule has 0 radical (unpaired) electrons. The highest BCUT2D eigenvalue weighted by atomic mass is 35.5. The fourth-order valence-electron chi connectivity index (χ4n) is 2.35. The van der Waals surface area contributed by atoms with E-state index in [0.29, 0.717) is 5.56 Å². The molecule has 1 unspecified atom stereocenters. The third-order valence-electron chi connectivity index (χ3n) is 3.58. The summed E-state index contributed by atoms with van der Waals surface area (Å²) in [5, 5.41) is -0.835. The van der Waals surface area contributed by atoms with Gasteiger partial charge >= 0.3 is 6.18 Å². The van der Waals surface area contributed by atoms with Crippen LogP contribution in [0.15, 0.2) is 30.3 Å². The van der Waals surface area contributed by atoms with E-state index in [1.165, 1.54) is 4.90 Å². The number of halogens is 4. The highest BCUT2D eigenvalue weighted by molar-refractivity contribution is 6.30. The zero-order chi connectivity index (χ0) is 14.8. The van der Waals surface area contributed by atoms with E-state index in [4.69, 9.17) is 11.6 Å². The third-order valence-corrected chi connectivity index (χ3v) is 4.02. The van der Waals surface area contributed by atoms with Crippen molar-refractivity contribution in [2.45, 2.75) is 24.4 Å². The lowest BCUT2D eigenvalue weighted by Crippen LogP contribution is -2.43. The van der Waals surface area contributed by atoms with Crippen LogP contribution in [-0.4, -0.2) is 30.1 Å². The SMILES string of the molecule is O=C(C(Cl)c1ccccc1)N1CCC(C(F)(F)F)CC1. The number of likely N-dealkylation sites (tertiary alicyclic amines) is 1. The molecule has 1 saturated heterocycles. The zero-order valence-electron chi connectivity index (χ0n) is 10.7. The van der Waals surface area contributed by atoms with E-state index in [1.54, 1.807) is 24.3 Å². The van der Waals surface area contributed by atoms with E-state index < -0.39 is 17.5 Å². The van der Waals surface area contributed by atoms with Crippen molar-refractivity contribution in [2.24, 2.45) is 5.92 Å². The maximum absolute atomic E-state index is 12.6. The normalized spacial score (nSPS) is 18.9. The molecule has 1 heterocycles. The molecule has 0 saturated carbocycles. The van der Waals surface area contributed by atoms with E-state index in [9.17, 15) is 18.0 Å². The Bertz CT molecular complexity index is 455. The molecule has 1 amide bonds. The van der Waals surface area contributed by atoms with Gasteiger partial charge in [0.1, 0.15) is 5.38 Å². The lowest BCUT2D eigenvalue weighted by atomic mass is 9.96. The first-order valence-corrected chi connectivity index (χ1v) is 6.87. The topological polar surface area (TPSA) is 20.3 Å².